The molecule has 4 rings (SSSR count). The SMILES string of the molecule is CC(C)(C)OC1C2C=CC1C(C1=CC3C=CC1C3OC(C)(C)C)=C2. The van der Waals surface area contributed by atoms with E-state index in [0.29, 0.717) is 23.7 Å². The van der Waals surface area contributed by atoms with Crippen LogP contribution in [0.3, 0.4) is 0 Å². The van der Waals surface area contributed by atoms with Gasteiger partial charge in [-0.1, -0.05) is 36.5 Å². The minimum atomic E-state index is -0.0999. The molecule has 130 valence electrons. The van der Waals surface area contributed by atoms with Crippen LogP contribution in [0.1, 0.15) is 41.5 Å². The Morgan fingerprint density at radius 3 is 1.33 bits per heavy atom. The van der Waals surface area contributed by atoms with E-state index in [4.69, 9.17) is 9.47 Å². The van der Waals surface area contributed by atoms with Crippen LogP contribution in [0.2, 0.25) is 0 Å². The molecule has 6 atom stereocenters. The summed E-state index contributed by atoms with van der Waals surface area (Å²) in [6.45, 7) is 12.9. The Morgan fingerprint density at radius 1 is 0.625 bits per heavy atom. The largest absolute Gasteiger partial charge is 0.371 e. The molecule has 0 saturated heterocycles. The molecule has 4 bridgehead atoms. The first kappa shape index (κ1) is 16.4. The lowest BCUT2D eigenvalue weighted by molar-refractivity contribution is -0.0752. The summed E-state index contributed by atoms with van der Waals surface area (Å²) in [5.41, 5.74) is 2.77. The molecule has 0 radical (unpaired) electrons. The van der Waals surface area contributed by atoms with Gasteiger partial charge in [-0.15, -0.1) is 0 Å². The monoisotopic (exact) mass is 326 g/mol. The normalized spacial score (nSPS) is 39.8. The third-order valence-electron chi connectivity index (χ3n) is 5.32. The van der Waals surface area contributed by atoms with E-state index in [1.54, 1.807) is 0 Å². The molecule has 2 heteroatoms. The molecule has 0 amide bonds. The van der Waals surface area contributed by atoms with Crippen molar-refractivity contribution in [3.63, 3.8) is 0 Å². The highest BCUT2D eigenvalue weighted by molar-refractivity contribution is 5.53. The summed E-state index contributed by atoms with van der Waals surface area (Å²) in [6.07, 6.45) is 14.8. The molecule has 0 spiro atoms. The first-order valence-electron chi connectivity index (χ1n) is 9.28. The van der Waals surface area contributed by atoms with Crippen molar-refractivity contribution in [2.75, 3.05) is 0 Å². The number of rotatable bonds is 3. The quantitative estimate of drug-likeness (QED) is 0.691. The Hall–Kier alpha value is -1.12. The van der Waals surface area contributed by atoms with Crippen molar-refractivity contribution >= 4 is 0 Å². The molecule has 0 aromatic heterocycles. The maximum atomic E-state index is 6.37. The number of fused-ring (bicyclic) bond motifs is 4. The molecule has 6 unspecified atom stereocenters. The van der Waals surface area contributed by atoms with E-state index in [1.165, 1.54) is 11.1 Å². The van der Waals surface area contributed by atoms with Crippen LogP contribution in [-0.4, -0.2) is 23.4 Å². The fourth-order valence-corrected chi connectivity index (χ4v) is 4.61. The van der Waals surface area contributed by atoms with E-state index in [9.17, 15) is 0 Å². The van der Waals surface area contributed by atoms with Gasteiger partial charge < -0.3 is 9.47 Å². The van der Waals surface area contributed by atoms with Gasteiger partial charge in [-0.25, -0.2) is 0 Å². The van der Waals surface area contributed by atoms with Crippen molar-refractivity contribution in [2.24, 2.45) is 23.7 Å². The van der Waals surface area contributed by atoms with Crippen molar-refractivity contribution in [1.82, 2.24) is 0 Å². The van der Waals surface area contributed by atoms with E-state index >= 15 is 0 Å². The van der Waals surface area contributed by atoms with Crippen LogP contribution in [0.25, 0.3) is 0 Å². The standard InChI is InChI=1S/C22H30O2/c1-21(2,3)23-19-13-7-9-15(19)17(11-13)18-12-14-8-10-16(18)20(14)24-22(4,5)6/h7-16,19-20H,1-6H3. The number of hydrogen-bond donors (Lipinski definition) is 0. The summed E-state index contributed by atoms with van der Waals surface area (Å²) in [5.74, 6) is 1.66. The molecule has 0 aromatic carbocycles. The van der Waals surface area contributed by atoms with Gasteiger partial charge in [0.1, 0.15) is 0 Å². The topological polar surface area (TPSA) is 18.5 Å². The second kappa shape index (κ2) is 5.19. The predicted molar refractivity (Wildman–Crippen MR) is 97.7 cm³/mol. The van der Waals surface area contributed by atoms with Crippen LogP contribution in [0, 0.1) is 23.7 Å². The zero-order valence-electron chi connectivity index (χ0n) is 15.7. The van der Waals surface area contributed by atoms with Gasteiger partial charge in [0.2, 0.25) is 0 Å². The number of ether oxygens (including phenoxy) is 2. The Balaban J connectivity index is 1.53. The fourth-order valence-electron chi connectivity index (χ4n) is 4.61. The maximum Gasteiger partial charge on any atom is 0.0782 e. The summed E-state index contributed by atoms with van der Waals surface area (Å²) in [5, 5.41) is 0. The van der Waals surface area contributed by atoms with Crippen LogP contribution in [-0.2, 0) is 9.47 Å². The first-order chi connectivity index (χ1) is 11.1. The van der Waals surface area contributed by atoms with Crippen molar-refractivity contribution < 1.29 is 9.47 Å². The highest BCUT2D eigenvalue weighted by Crippen LogP contribution is 2.52. The third-order valence-corrected chi connectivity index (χ3v) is 5.32. The van der Waals surface area contributed by atoms with Gasteiger partial charge in [0.05, 0.1) is 23.4 Å². The number of hydrogen-bond acceptors (Lipinski definition) is 2. The molecule has 24 heavy (non-hydrogen) atoms. The minimum Gasteiger partial charge on any atom is -0.371 e. The van der Waals surface area contributed by atoms with Crippen molar-refractivity contribution in [1.29, 1.82) is 0 Å². The smallest absolute Gasteiger partial charge is 0.0782 e. The van der Waals surface area contributed by atoms with E-state index in [-0.39, 0.29) is 23.4 Å². The Morgan fingerprint density at radius 2 is 1.00 bits per heavy atom. The lowest BCUT2D eigenvalue weighted by atomic mass is 9.87. The average molecular weight is 326 g/mol. The van der Waals surface area contributed by atoms with Gasteiger partial charge in [0.25, 0.3) is 0 Å². The molecule has 0 heterocycles. The summed E-state index contributed by atoms with van der Waals surface area (Å²) in [7, 11) is 0. The van der Waals surface area contributed by atoms with Gasteiger partial charge in [-0.3, -0.25) is 0 Å². The van der Waals surface area contributed by atoms with Crippen LogP contribution in [0.5, 0.6) is 0 Å². The summed E-state index contributed by atoms with van der Waals surface area (Å²) < 4.78 is 12.7. The Labute approximate surface area is 146 Å². The lowest BCUT2D eigenvalue weighted by Gasteiger charge is -2.30. The van der Waals surface area contributed by atoms with Crippen LogP contribution in [0.4, 0.5) is 0 Å². The molecule has 4 aliphatic rings. The third kappa shape index (κ3) is 2.74. The van der Waals surface area contributed by atoms with E-state index in [1.807, 2.05) is 0 Å². The molecular formula is C22H30O2. The maximum absolute atomic E-state index is 6.37. The molecular weight excluding hydrogens is 296 g/mol. The zero-order valence-corrected chi connectivity index (χ0v) is 15.7. The Kier molecular flexibility index (Phi) is 3.54. The predicted octanol–water partition coefficient (Wildman–Crippen LogP) is 4.84. The van der Waals surface area contributed by atoms with Gasteiger partial charge >= 0.3 is 0 Å². The summed E-state index contributed by atoms with van der Waals surface area (Å²) in [4.78, 5) is 0. The van der Waals surface area contributed by atoms with Crippen LogP contribution >= 0.6 is 0 Å². The molecule has 0 aromatic rings. The summed E-state index contributed by atoms with van der Waals surface area (Å²) >= 11 is 0. The Bertz CT molecular complexity index is 592. The molecule has 0 fully saturated rings. The van der Waals surface area contributed by atoms with Crippen LogP contribution < -0.4 is 0 Å². The molecule has 0 N–H and O–H groups in total. The summed E-state index contributed by atoms with van der Waals surface area (Å²) in [6, 6.07) is 0. The van der Waals surface area contributed by atoms with E-state index < -0.39 is 0 Å². The van der Waals surface area contributed by atoms with E-state index in [0.717, 1.165) is 0 Å². The van der Waals surface area contributed by atoms with Gasteiger partial charge in [0.15, 0.2) is 0 Å². The van der Waals surface area contributed by atoms with Crippen molar-refractivity contribution in [3.05, 3.63) is 47.6 Å². The fraction of sp³-hybridized carbons (Fsp3) is 0.636. The molecule has 4 aliphatic carbocycles. The van der Waals surface area contributed by atoms with Crippen molar-refractivity contribution in [2.45, 2.75) is 65.0 Å². The lowest BCUT2D eigenvalue weighted by Crippen LogP contribution is -2.33. The van der Waals surface area contributed by atoms with Gasteiger partial charge in [-0.05, 0) is 52.7 Å². The molecule has 0 aliphatic heterocycles. The van der Waals surface area contributed by atoms with Gasteiger partial charge in [-0.2, -0.15) is 0 Å². The van der Waals surface area contributed by atoms with E-state index in [2.05, 4.69) is 78.0 Å². The zero-order chi connectivity index (χ0) is 17.3. The molecule has 2 nitrogen and oxygen atoms in total. The first-order valence-corrected chi connectivity index (χ1v) is 9.28. The van der Waals surface area contributed by atoms with Crippen molar-refractivity contribution in [3.8, 4) is 0 Å². The second-order valence-electron chi connectivity index (χ2n) is 9.61. The van der Waals surface area contributed by atoms with Crippen LogP contribution in [0.15, 0.2) is 47.6 Å². The second-order valence-corrected chi connectivity index (χ2v) is 9.61. The minimum absolute atomic E-state index is 0.0999. The molecule has 0 saturated carbocycles. The highest BCUT2D eigenvalue weighted by atomic mass is 16.5. The average Bonchev–Trinajstić information content (AvgIpc) is 3.17. The van der Waals surface area contributed by atoms with Gasteiger partial charge in [0, 0.05) is 23.7 Å². The highest BCUT2D eigenvalue weighted by Gasteiger charge is 2.48.